The van der Waals surface area contributed by atoms with E-state index in [9.17, 15) is 13.2 Å². The number of anilines is 1. The third-order valence-electron chi connectivity index (χ3n) is 3.71. The molecule has 0 radical (unpaired) electrons. The molecule has 0 saturated carbocycles. The summed E-state index contributed by atoms with van der Waals surface area (Å²) < 4.78 is 26.5. The lowest BCUT2D eigenvalue weighted by molar-refractivity contribution is -0.116. The summed E-state index contributed by atoms with van der Waals surface area (Å²) in [6.45, 7) is 2.27. The Kier molecular flexibility index (Phi) is 6.89. The van der Waals surface area contributed by atoms with Crippen molar-refractivity contribution >= 4 is 21.6 Å². The summed E-state index contributed by atoms with van der Waals surface area (Å²) in [5, 5.41) is 11.5. The van der Waals surface area contributed by atoms with Gasteiger partial charge in [-0.1, -0.05) is 19.1 Å². The number of benzene rings is 2. The van der Waals surface area contributed by atoms with Crippen LogP contribution in [0.5, 0.6) is 0 Å². The number of amides is 1. The molecule has 0 unspecified atom stereocenters. The fourth-order valence-corrected chi connectivity index (χ4v) is 3.40. The smallest absolute Gasteiger partial charge is 0.240 e. The molecule has 0 spiro atoms. The Balaban J connectivity index is 1.89. The molecule has 0 aliphatic rings. The van der Waals surface area contributed by atoms with Gasteiger partial charge in [0.15, 0.2) is 0 Å². The van der Waals surface area contributed by atoms with Crippen molar-refractivity contribution in [3.63, 3.8) is 0 Å². The first-order valence-electron chi connectivity index (χ1n) is 8.33. The number of carbonyl (C=O) groups excluding carboxylic acids is 1. The van der Waals surface area contributed by atoms with Crippen LogP contribution in [-0.4, -0.2) is 20.9 Å². The van der Waals surface area contributed by atoms with Gasteiger partial charge in [0.1, 0.15) is 0 Å². The molecule has 2 rings (SSSR count). The highest BCUT2D eigenvalue weighted by molar-refractivity contribution is 7.89. The number of nitrogens with zero attached hydrogens (tertiary/aromatic N) is 1. The highest BCUT2D eigenvalue weighted by Crippen LogP contribution is 2.15. The second-order valence-electron chi connectivity index (χ2n) is 5.78. The van der Waals surface area contributed by atoms with E-state index in [0.29, 0.717) is 37.1 Å². The molecule has 0 aliphatic heterocycles. The average Bonchev–Trinajstić information content (AvgIpc) is 2.65. The predicted octanol–water partition coefficient (Wildman–Crippen LogP) is 2.82. The first-order chi connectivity index (χ1) is 12.4. The lowest BCUT2D eigenvalue weighted by Crippen LogP contribution is -2.24. The molecule has 136 valence electrons. The van der Waals surface area contributed by atoms with Gasteiger partial charge in [-0.15, -0.1) is 0 Å². The average molecular weight is 371 g/mol. The van der Waals surface area contributed by atoms with Crippen LogP contribution < -0.4 is 10.0 Å². The zero-order chi connectivity index (χ0) is 19.0. The summed E-state index contributed by atoms with van der Waals surface area (Å²) >= 11 is 0. The van der Waals surface area contributed by atoms with Gasteiger partial charge in [-0.2, -0.15) is 5.26 Å². The Morgan fingerprint density at radius 3 is 2.31 bits per heavy atom. The van der Waals surface area contributed by atoms with Crippen LogP contribution in [0.1, 0.15) is 30.9 Å². The van der Waals surface area contributed by atoms with Crippen LogP contribution in [0, 0.1) is 11.3 Å². The van der Waals surface area contributed by atoms with Crippen LogP contribution in [0.3, 0.4) is 0 Å². The Bertz CT molecular complexity index is 883. The van der Waals surface area contributed by atoms with Crippen molar-refractivity contribution in [1.82, 2.24) is 4.72 Å². The maximum Gasteiger partial charge on any atom is 0.240 e. The van der Waals surface area contributed by atoms with E-state index in [-0.39, 0.29) is 10.8 Å². The Morgan fingerprint density at radius 1 is 1.08 bits per heavy atom. The third kappa shape index (κ3) is 5.69. The van der Waals surface area contributed by atoms with Crippen molar-refractivity contribution in [2.75, 3.05) is 11.9 Å². The zero-order valence-corrected chi connectivity index (χ0v) is 15.3. The minimum Gasteiger partial charge on any atom is -0.326 e. The van der Waals surface area contributed by atoms with Gasteiger partial charge in [0.2, 0.25) is 15.9 Å². The molecule has 0 bridgehead atoms. The van der Waals surface area contributed by atoms with E-state index in [1.54, 1.807) is 24.3 Å². The van der Waals surface area contributed by atoms with Crippen molar-refractivity contribution in [1.29, 1.82) is 5.26 Å². The lowest BCUT2D eigenvalue weighted by Gasteiger charge is -2.08. The van der Waals surface area contributed by atoms with E-state index in [0.717, 1.165) is 5.56 Å². The van der Waals surface area contributed by atoms with Gasteiger partial charge in [-0.25, -0.2) is 13.1 Å². The number of hydrogen-bond acceptors (Lipinski definition) is 4. The van der Waals surface area contributed by atoms with E-state index in [1.165, 1.54) is 12.1 Å². The molecule has 1 amide bonds. The maximum atomic E-state index is 12.0. The third-order valence-corrected chi connectivity index (χ3v) is 5.19. The Morgan fingerprint density at radius 2 is 1.73 bits per heavy atom. The zero-order valence-electron chi connectivity index (χ0n) is 14.5. The monoisotopic (exact) mass is 371 g/mol. The van der Waals surface area contributed by atoms with Crippen LogP contribution in [0.25, 0.3) is 0 Å². The Hall–Kier alpha value is -2.69. The normalized spacial score (nSPS) is 10.9. The van der Waals surface area contributed by atoms with Crippen molar-refractivity contribution in [2.24, 2.45) is 0 Å². The maximum absolute atomic E-state index is 12.0. The number of nitrogens with one attached hydrogen (secondary N) is 2. The highest BCUT2D eigenvalue weighted by Gasteiger charge is 2.13. The molecule has 0 aliphatic carbocycles. The second-order valence-corrected chi connectivity index (χ2v) is 7.55. The molecular weight excluding hydrogens is 350 g/mol. The van der Waals surface area contributed by atoms with Crippen LogP contribution in [0.4, 0.5) is 5.69 Å². The van der Waals surface area contributed by atoms with E-state index in [2.05, 4.69) is 16.1 Å². The van der Waals surface area contributed by atoms with E-state index >= 15 is 0 Å². The summed E-state index contributed by atoms with van der Waals surface area (Å²) in [5.74, 6) is -0.158. The number of nitriles is 1. The fraction of sp³-hybridized carbons (Fsp3) is 0.263. The lowest BCUT2D eigenvalue weighted by atomic mass is 10.1. The van der Waals surface area contributed by atoms with Crippen molar-refractivity contribution in [2.45, 2.75) is 31.1 Å². The highest BCUT2D eigenvalue weighted by atomic mass is 32.2. The van der Waals surface area contributed by atoms with Gasteiger partial charge in [0.05, 0.1) is 16.5 Å². The fourth-order valence-electron chi connectivity index (χ4n) is 2.26. The molecule has 2 N–H and O–H groups in total. The second kappa shape index (κ2) is 9.13. The van der Waals surface area contributed by atoms with E-state index < -0.39 is 10.0 Å². The number of aryl methyl sites for hydroxylation is 1. The van der Waals surface area contributed by atoms with Crippen molar-refractivity contribution in [3.8, 4) is 6.07 Å². The molecule has 0 atom stereocenters. The molecule has 2 aromatic carbocycles. The van der Waals surface area contributed by atoms with E-state index in [1.807, 2.05) is 19.1 Å². The minimum atomic E-state index is -3.51. The van der Waals surface area contributed by atoms with Crippen LogP contribution >= 0.6 is 0 Å². The molecule has 7 heteroatoms. The number of sulfonamides is 1. The molecule has 0 aromatic heterocycles. The van der Waals surface area contributed by atoms with Gasteiger partial charge in [0, 0.05) is 18.7 Å². The van der Waals surface area contributed by atoms with Gasteiger partial charge in [0.25, 0.3) is 0 Å². The van der Waals surface area contributed by atoms with Crippen molar-refractivity contribution in [3.05, 3.63) is 59.7 Å². The largest absolute Gasteiger partial charge is 0.326 e. The summed E-state index contributed by atoms with van der Waals surface area (Å²) in [6.07, 6.45) is 1.57. The quantitative estimate of drug-likeness (QED) is 0.745. The topological polar surface area (TPSA) is 99.1 Å². The Labute approximate surface area is 153 Å². The molecular formula is C19H21N3O3S. The van der Waals surface area contributed by atoms with Crippen LogP contribution in [0.2, 0.25) is 0 Å². The molecule has 26 heavy (non-hydrogen) atoms. The summed E-state index contributed by atoms with van der Waals surface area (Å²) in [4.78, 5) is 12.2. The molecule has 6 nitrogen and oxygen atoms in total. The molecule has 0 saturated heterocycles. The SMILES string of the molecule is CCCNS(=O)(=O)c1ccc(NC(=O)CCc2ccc(C#N)cc2)cc1. The number of hydrogen-bond donors (Lipinski definition) is 2. The first kappa shape index (κ1) is 19.6. The number of rotatable bonds is 8. The molecule has 2 aromatic rings. The van der Waals surface area contributed by atoms with E-state index in [4.69, 9.17) is 5.26 Å². The molecule has 0 heterocycles. The van der Waals surface area contributed by atoms with Gasteiger partial charge in [-0.3, -0.25) is 4.79 Å². The summed E-state index contributed by atoms with van der Waals surface area (Å²) in [7, 11) is -3.51. The summed E-state index contributed by atoms with van der Waals surface area (Å²) in [6, 6.07) is 15.2. The van der Waals surface area contributed by atoms with Crippen molar-refractivity contribution < 1.29 is 13.2 Å². The summed E-state index contributed by atoms with van der Waals surface area (Å²) in [5.41, 5.74) is 2.11. The van der Waals surface area contributed by atoms with Gasteiger partial charge in [-0.05, 0) is 54.8 Å². The minimum absolute atomic E-state index is 0.158. The molecule has 0 fully saturated rings. The predicted molar refractivity (Wildman–Crippen MR) is 100 cm³/mol. The van der Waals surface area contributed by atoms with Gasteiger partial charge >= 0.3 is 0 Å². The first-order valence-corrected chi connectivity index (χ1v) is 9.81. The van der Waals surface area contributed by atoms with Gasteiger partial charge < -0.3 is 5.32 Å². The standard InChI is InChI=1S/C19H21N3O3S/c1-2-13-21-26(24,25)18-10-8-17(9-11-18)22-19(23)12-7-15-3-5-16(14-20)6-4-15/h3-6,8-11,21H,2,7,12-13H2,1H3,(H,22,23). The number of carbonyl (C=O) groups is 1. The van der Waals surface area contributed by atoms with Crippen LogP contribution in [-0.2, 0) is 21.2 Å². The van der Waals surface area contributed by atoms with Crippen LogP contribution in [0.15, 0.2) is 53.4 Å².